The lowest BCUT2D eigenvalue weighted by atomic mass is 10.4. The van der Waals surface area contributed by atoms with Gasteiger partial charge in [0.25, 0.3) is 0 Å². The zero-order valence-electron chi connectivity index (χ0n) is 7.15. The number of nitrogens with zero attached hydrogens (tertiary/aromatic N) is 1. The van der Waals surface area contributed by atoms with Crippen molar-refractivity contribution >= 4 is 43.6 Å². The second-order valence-corrected chi connectivity index (χ2v) is 5.37. The van der Waals surface area contributed by atoms with Crippen molar-refractivity contribution in [3.05, 3.63) is 21.2 Å². The molecule has 78 valence electrons. The maximum Gasteiger partial charge on any atom is 0.110 e. The quantitative estimate of drug-likeness (QED) is 0.822. The van der Waals surface area contributed by atoms with Gasteiger partial charge in [0, 0.05) is 16.4 Å². The van der Waals surface area contributed by atoms with Crippen LogP contribution < -0.4 is 0 Å². The number of hydrogen-bond donors (Lipinski definition) is 2. The number of aliphatic hydroxyl groups excluding tert-OH is 2. The van der Waals surface area contributed by atoms with E-state index in [1.165, 1.54) is 11.8 Å². The molecule has 1 heterocycles. The average Bonchev–Trinajstić information content (AvgIpc) is 2.16. The molecule has 0 radical (unpaired) electrons. The van der Waals surface area contributed by atoms with Crippen LogP contribution in [-0.4, -0.2) is 33.7 Å². The summed E-state index contributed by atoms with van der Waals surface area (Å²) in [5.74, 6) is 0.434. The molecule has 0 fully saturated rings. The largest absolute Gasteiger partial charge is 0.394 e. The molecule has 0 aliphatic carbocycles. The van der Waals surface area contributed by atoms with E-state index in [9.17, 15) is 0 Å². The molecule has 0 aliphatic heterocycles. The van der Waals surface area contributed by atoms with E-state index in [-0.39, 0.29) is 6.61 Å². The summed E-state index contributed by atoms with van der Waals surface area (Å²) in [6.45, 7) is -0.221. The molecule has 0 saturated heterocycles. The van der Waals surface area contributed by atoms with Gasteiger partial charge in [0.2, 0.25) is 0 Å². The Bertz CT molecular complexity index is 311. The molecule has 1 unspecified atom stereocenters. The SMILES string of the molecule is OCC(O)CSc1ncc(Br)cc1Br. The summed E-state index contributed by atoms with van der Waals surface area (Å²) in [5.41, 5.74) is 0. The Morgan fingerprint density at radius 2 is 2.21 bits per heavy atom. The number of aromatic nitrogens is 1. The lowest BCUT2D eigenvalue weighted by Gasteiger charge is -2.07. The van der Waals surface area contributed by atoms with Crippen LogP contribution in [0.5, 0.6) is 0 Å². The summed E-state index contributed by atoms with van der Waals surface area (Å²) in [4.78, 5) is 4.16. The topological polar surface area (TPSA) is 53.4 Å². The van der Waals surface area contributed by atoms with Gasteiger partial charge in [0.15, 0.2) is 0 Å². The van der Waals surface area contributed by atoms with E-state index < -0.39 is 6.10 Å². The standard InChI is InChI=1S/C8H9Br2NO2S/c9-5-1-7(10)8(11-2-5)14-4-6(13)3-12/h1-2,6,12-13H,3-4H2. The Hall–Kier alpha value is 0.380. The predicted molar refractivity (Wildman–Crippen MR) is 63.5 cm³/mol. The molecule has 0 spiro atoms. The van der Waals surface area contributed by atoms with Crippen LogP contribution in [0.25, 0.3) is 0 Å². The molecular formula is C8H9Br2NO2S. The fourth-order valence-electron chi connectivity index (χ4n) is 0.736. The Balaban J connectivity index is 2.59. The molecule has 1 aromatic rings. The fraction of sp³-hybridized carbons (Fsp3) is 0.375. The van der Waals surface area contributed by atoms with Crippen LogP contribution in [-0.2, 0) is 0 Å². The molecule has 0 amide bonds. The fourth-order valence-corrected chi connectivity index (χ4v) is 2.85. The lowest BCUT2D eigenvalue weighted by Crippen LogP contribution is -2.14. The third-order valence-electron chi connectivity index (χ3n) is 1.40. The Labute approximate surface area is 103 Å². The van der Waals surface area contributed by atoms with Gasteiger partial charge in [-0.15, -0.1) is 11.8 Å². The molecule has 6 heteroatoms. The van der Waals surface area contributed by atoms with Crippen molar-refractivity contribution < 1.29 is 10.2 Å². The minimum Gasteiger partial charge on any atom is -0.394 e. The normalized spacial score (nSPS) is 12.9. The molecule has 3 nitrogen and oxygen atoms in total. The average molecular weight is 343 g/mol. The highest BCUT2D eigenvalue weighted by molar-refractivity contribution is 9.11. The molecule has 0 aromatic carbocycles. The van der Waals surface area contributed by atoms with E-state index in [0.29, 0.717) is 5.75 Å². The van der Waals surface area contributed by atoms with Gasteiger partial charge in [-0.3, -0.25) is 0 Å². The lowest BCUT2D eigenvalue weighted by molar-refractivity contribution is 0.113. The van der Waals surface area contributed by atoms with Crippen molar-refractivity contribution in [1.29, 1.82) is 0 Å². The van der Waals surface area contributed by atoms with Gasteiger partial charge < -0.3 is 10.2 Å². The van der Waals surface area contributed by atoms with E-state index in [2.05, 4.69) is 36.8 Å². The van der Waals surface area contributed by atoms with Crippen LogP contribution in [0.4, 0.5) is 0 Å². The van der Waals surface area contributed by atoms with Gasteiger partial charge >= 0.3 is 0 Å². The summed E-state index contributed by atoms with van der Waals surface area (Å²) in [5, 5.41) is 18.6. The van der Waals surface area contributed by atoms with Crippen LogP contribution in [0, 0.1) is 0 Å². The first-order valence-electron chi connectivity index (χ1n) is 3.86. The van der Waals surface area contributed by atoms with Crippen molar-refractivity contribution in [3.63, 3.8) is 0 Å². The summed E-state index contributed by atoms with van der Waals surface area (Å²) >= 11 is 8.06. The van der Waals surface area contributed by atoms with E-state index >= 15 is 0 Å². The molecule has 2 N–H and O–H groups in total. The number of halogens is 2. The molecule has 1 rings (SSSR count). The van der Waals surface area contributed by atoms with E-state index in [1.807, 2.05) is 6.07 Å². The Morgan fingerprint density at radius 1 is 1.50 bits per heavy atom. The van der Waals surface area contributed by atoms with Gasteiger partial charge in [0.05, 0.1) is 17.2 Å². The zero-order chi connectivity index (χ0) is 10.6. The van der Waals surface area contributed by atoms with Gasteiger partial charge in [0.1, 0.15) is 5.03 Å². The monoisotopic (exact) mass is 341 g/mol. The van der Waals surface area contributed by atoms with Crippen molar-refractivity contribution in [2.24, 2.45) is 0 Å². The number of pyridine rings is 1. The van der Waals surface area contributed by atoms with E-state index in [0.717, 1.165) is 14.0 Å². The van der Waals surface area contributed by atoms with Gasteiger partial charge in [-0.2, -0.15) is 0 Å². The molecule has 0 saturated carbocycles. The van der Waals surface area contributed by atoms with Gasteiger partial charge in [-0.05, 0) is 37.9 Å². The van der Waals surface area contributed by atoms with Crippen LogP contribution in [0.1, 0.15) is 0 Å². The smallest absolute Gasteiger partial charge is 0.110 e. The van der Waals surface area contributed by atoms with E-state index in [4.69, 9.17) is 10.2 Å². The van der Waals surface area contributed by atoms with Crippen molar-refractivity contribution in [3.8, 4) is 0 Å². The summed E-state index contributed by atoms with van der Waals surface area (Å²) in [6.07, 6.45) is 0.996. The Kier molecular flexibility index (Phi) is 5.40. The maximum atomic E-state index is 9.14. The van der Waals surface area contributed by atoms with Crippen molar-refractivity contribution in [1.82, 2.24) is 4.98 Å². The highest BCUT2D eigenvalue weighted by atomic mass is 79.9. The van der Waals surface area contributed by atoms with Crippen LogP contribution in [0.2, 0.25) is 0 Å². The van der Waals surface area contributed by atoms with Gasteiger partial charge in [-0.25, -0.2) is 4.98 Å². The van der Waals surface area contributed by atoms with Crippen molar-refractivity contribution in [2.75, 3.05) is 12.4 Å². The number of rotatable bonds is 4. The minimum atomic E-state index is -0.697. The summed E-state index contributed by atoms with van der Waals surface area (Å²) in [6, 6.07) is 1.89. The van der Waals surface area contributed by atoms with Gasteiger partial charge in [-0.1, -0.05) is 0 Å². The van der Waals surface area contributed by atoms with Crippen molar-refractivity contribution in [2.45, 2.75) is 11.1 Å². The van der Waals surface area contributed by atoms with Crippen LogP contribution in [0.3, 0.4) is 0 Å². The predicted octanol–water partition coefficient (Wildman–Crippen LogP) is 2.05. The number of aliphatic hydroxyl groups is 2. The molecular weight excluding hydrogens is 334 g/mol. The molecule has 1 aromatic heterocycles. The highest BCUT2D eigenvalue weighted by Gasteiger charge is 2.07. The molecule has 0 aliphatic rings. The summed E-state index contributed by atoms with van der Waals surface area (Å²) < 4.78 is 1.78. The highest BCUT2D eigenvalue weighted by Crippen LogP contribution is 2.27. The zero-order valence-corrected chi connectivity index (χ0v) is 11.1. The Morgan fingerprint density at radius 3 is 2.79 bits per heavy atom. The third-order valence-corrected chi connectivity index (χ3v) is 3.85. The van der Waals surface area contributed by atoms with Crippen LogP contribution >= 0.6 is 43.6 Å². The molecule has 1 atom stereocenters. The second kappa shape index (κ2) is 6.07. The maximum absolute atomic E-state index is 9.14. The number of hydrogen-bond acceptors (Lipinski definition) is 4. The first kappa shape index (κ1) is 12.4. The number of thioether (sulfide) groups is 1. The first-order valence-corrected chi connectivity index (χ1v) is 6.43. The first-order chi connectivity index (χ1) is 6.63. The van der Waals surface area contributed by atoms with Crippen LogP contribution in [0.15, 0.2) is 26.2 Å². The molecule has 14 heavy (non-hydrogen) atoms. The minimum absolute atomic E-state index is 0.221. The summed E-state index contributed by atoms with van der Waals surface area (Å²) in [7, 11) is 0. The molecule has 0 bridgehead atoms. The third kappa shape index (κ3) is 3.86. The van der Waals surface area contributed by atoms with E-state index in [1.54, 1.807) is 6.20 Å². The second-order valence-electron chi connectivity index (χ2n) is 2.59.